The van der Waals surface area contributed by atoms with E-state index < -0.39 is 4.92 Å². The molecule has 3 aromatic rings. The topological polar surface area (TPSA) is 93.5 Å². The second-order valence-corrected chi connectivity index (χ2v) is 9.63. The lowest BCUT2D eigenvalue weighted by Gasteiger charge is -2.13. The van der Waals surface area contributed by atoms with Crippen LogP contribution >= 0.6 is 27.7 Å². The molecule has 1 atom stereocenters. The number of carbonyl (C=O) groups is 1. The number of thioether (sulfide) groups is 1. The minimum Gasteiger partial charge on any atom is -0.488 e. The zero-order chi connectivity index (χ0) is 24.1. The lowest BCUT2D eigenvalue weighted by Crippen LogP contribution is -2.30. The Bertz CT molecular complexity index is 1230. The van der Waals surface area contributed by atoms with E-state index in [0.29, 0.717) is 10.7 Å². The number of amides is 1. The van der Waals surface area contributed by atoms with Crippen LogP contribution < -0.4 is 15.4 Å². The molecule has 1 saturated heterocycles. The van der Waals surface area contributed by atoms with Crippen molar-refractivity contribution in [1.29, 1.82) is 0 Å². The van der Waals surface area contributed by atoms with Crippen LogP contribution in [-0.2, 0) is 17.8 Å². The summed E-state index contributed by atoms with van der Waals surface area (Å²) in [6.45, 7) is 2.35. The Morgan fingerprint density at radius 3 is 2.50 bits per heavy atom. The summed E-state index contributed by atoms with van der Waals surface area (Å²) in [4.78, 5) is 23.6. The fourth-order valence-corrected chi connectivity index (χ4v) is 4.69. The summed E-state index contributed by atoms with van der Waals surface area (Å²) < 4.78 is 6.83. The highest BCUT2D eigenvalue weighted by molar-refractivity contribution is 9.10. The van der Waals surface area contributed by atoms with Crippen molar-refractivity contribution in [3.05, 3.63) is 103 Å². The van der Waals surface area contributed by atoms with Crippen LogP contribution in [0.3, 0.4) is 0 Å². The smallest absolute Gasteiger partial charge is 0.269 e. The van der Waals surface area contributed by atoms with E-state index >= 15 is 0 Å². The number of nitro groups is 1. The van der Waals surface area contributed by atoms with E-state index in [9.17, 15) is 14.9 Å². The third-order valence-electron chi connectivity index (χ3n) is 5.19. The summed E-state index contributed by atoms with van der Waals surface area (Å²) in [5, 5.41) is 17.1. The van der Waals surface area contributed by atoms with Gasteiger partial charge in [0.05, 0.1) is 9.83 Å². The number of rotatable bonds is 8. The van der Waals surface area contributed by atoms with Crippen molar-refractivity contribution >= 4 is 51.0 Å². The molecule has 0 bridgehead atoms. The number of hydrogen-bond donors (Lipinski definition) is 2. The Labute approximate surface area is 209 Å². The number of ether oxygens (including phenoxy) is 1. The van der Waals surface area contributed by atoms with E-state index in [0.717, 1.165) is 27.7 Å². The molecule has 0 saturated carbocycles. The van der Waals surface area contributed by atoms with Crippen molar-refractivity contribution < 1.29 is 14.5 Å². The van der Waals surface area contributed by atoms with Gasteiger partial charge in [0.15, 0.2) is 5.50 Å². The molecule has 4 rings (SSSR count). The number of anilines is 1. The molecule has 1 heterocycles. The van der Waals surface area contributed by atoms with Crippen molar-refractivity contribution in [1.82, 2.24) is 5.32 Å². The molecule has 1 amide bonds. The van der Waals surface area contributed by atoms with Crippen molar-refractivity contribution in [3.8, 4) is 5.75 Å². The van der Waals surface area contributed by atoms with Crippen molar-refractivity contribution in [3.63, 3.8) is 0 Å². The van der Waals surface area contributed by atoms with Crippen LogP contribution in [0.2, 0.25) is 0 Å². The minimum atomic E-state index is -0.434. The molecular weight excluding hydrogens is 518 g/mol. The Balaban J connectivity index is 1.46. The summed E-state index contributed by atoms with van der Waals surface area (Å²) in [5.41, 5.74) is 3.51. The third kappa shape index (κ3) is 5.98. The van der Waals surface area contributed by atoms with Gasteiger partial charge in [-0.25, -0.2) is 0 Å². The first-order valence-electron chi connectivity index (χ1n) is 10.6. The van der Waals surface area contributed by atoms with Crippen molar-refractivity contribution in [2.45, 2.75) is 25.4 Å². The Hall–Kier alpha value is -3.30. The molecule has 174 valence electrons. The molecule has 1 aliphatic heterocycles. The summed E-state index contributed by atoms with van der Waals surface area (Å²) in [5.74, 6) is 0.447. The Morgan fingerprint density at radius 1 is 1.12 bits per heavy atom. The van der Waals surface area contributed by atoms with Crippen LogP contribution in [0.15, 0.2) is 76.1 Å². The van der Waals surface area contributed by atoms with Crippen molar-refractivity contribution in [2.24, 2.45) is 0 Å². The predicted molar refractivity (Wildman–Crippen MR) is 139 cm³/mol. The SMILES string of the molecule is CCc1ccc(N[C@@H]2NC(=O)/C(=C/c3cc(Br)ccc3OCc3ccc([N+](=O)[O-])cc3)S2)cc1. The van der Waals surface area contributed by atoms with Gasteiger partial charge in [0.2, 0.25) is 0 Å². The van der Waals surface area contributed by atoms with E-state index in [1.807, 2.05) is 30.3 Å². The standard InChI is InChI=1S/C25H22BrN3O4S/c1-2-16-3-8-20(9-4-16)27-25-28-24(30)23(34-25)14-18-13-19(26)7-12-22(18)33-15-17-5-10-21(11-6-17)29(31)32/h3-14,25,27H,2,15H2,1H3,(H,28,30)/b23-14-/t25-/m1/s1. The van der Waals surface area contributed by atoms with Crippen LogP contribution in [0, 0.1) is 10.1 Å². The molecule has 3 aromatic carbocycles. The molecule has 0 radical (unpaired) electrons. The highest BCUT2D eigenvalue weighted by Gasteiger charge is 2.27. The van der Waals surface area contributed by atoms with Crippen LogP contribution in [-0.4, -0.2) is 16.3 Å². The van der Waals surface area contributed by atoms with Crippen LogP contribution in [0.25, 0.3) is 6.08 Å². The van der Waals surface area contributed by atoms with E-state index in [-0.39, 0.29) is 23.7 Å². The highest BCUT2D eigenvalue weighted by atomic mass is 79.9. The molecule has 0 aliphatic carbocycles. The van der Waals surface area contributed by atoms with Gasteiger partial charge in [-0.15, -0.1) is 0 Å². The van der Waals surface area contributed by atoms with Gasteiger partial charge in [-0.05, 0) is 66.1 Å². The summed E-state index contributed by atoms with van der Waals surface area (Å²) in [7, 11) is 0. The summed E-state index contributed by atoms with van der Waals surface area (Å²) >= 11 is 4.88. The van der Waals surface area contributed by atoms with E-state index in [1.54, 1.807) is 18.2 Å². The zero-order valence-electron chi connectivity index (χ0n) is 18.3. The zero-order valence-corrected chi connectivity index (χ0v) is 20.7. The quantitative estimate of drug-likeness (QED) is 0.204. The van der Waals surface area contributed by atoms with Crippen LogP contribution in [0.4, 0.5) is 11.4 Å². The number of carbonyl (C=O) groups excluding carboxylic acids is 1. The third-order valence-corrected chi connectivity index (χ3v) is 6.71. The predicted octanol–water partition coefficient (Wildman–Crippen LogP) is 6.10. The molecule has 9 heteroatoms. The monoisotopic (exact) mass is 539 g/mol. The van der Waals surface area contributed by atoms with Gasteiger partial charge < -0.3 is 15.4 Å². The number of halogens is 1. The molecular formula is C25H22BrN3O4S. The highest BCUT2D eigenvalue weighted by Crippen LogP contribution is 2.33. The minimum absolute atomic E-state index is 0.0338. The molecule has 0 spiro atoms. The number of benzene rings is 3. The summed E-state index contributed by atoms with van der Waals surface area (Å²) in [6.07, 6.45) is 2.78. The number of nitro benzene ring substituents is 1. The Morgan fingerprint density at radius 2 is 1.82 bits per heavy atom. The fourth-order valence-electron chi connectivity index (χ4n) is 3.33. The van der Waals surface area contributed by atoms with E-state index in [4.69, 9.17) is 4.74 Å². The lowest BCUT2D eigenvalue weighted by atomic mass is 10.1. The van der Waals surface area contributed by atoms with Gasteiger partial charge in [0.1, 0.15) is 12.4 Å². The van der Waals surface area contributed by atoms with Gasteiger partial charge in [0.25, 0.3) is 11.6 Å². The first kappa shape index (κ1) is 23.8. The molecule has 1 aliphatic rings. The number of nitrogens with zero attached hydrogens (tertiary/aromatic N) is 1. The molecule has 0 aromatic heterocycles. The molecule has 1 fully saturated rings. The van der Waals surface area contributed by atoms with Gasteiger partial charge in [-0.3, -0.25) is 14.9 Å². The maximum Gasteiger partial charge on any atom is 0.269 e. The van der Waals surface area contributed by atoms with Gasteiger partial charge >= 0.3 is 0 Å². The number of nitrogens with one attached hydrogen (secondary N) is 2. The molecule has 0 unspecified atom stereocenters. The van der Waals surface area contributed by atoms with E-state index in [2.05, 4.69) is 45.6 Å². The Kier molecular flexibility index (Phi) is 7.54. The van der Waals surface area contributed by atoms with Crippen LogP contribution in [0.1, 0.15) is 23.6 Å². The normalized spacial score (nSPS) is 16.4. The lowest BCUT2D eigenvalue weighted by molar-refractivity contribution is -0.384. The largest absolute Gasteiger partial charge is 0.488 e. The van der Waals surface area contributed by atoms with Gasteiger partial charge in [-0.2, -0.15) is 0 Å². The number of hydrogen-bond acceptors (Lipinski definition) is 6. The second-order valence-electron chi connectivity index (χ2n) is 7.57. The number of non-ortho nitro benzene ring substituents is 1. The molecule has 34 heavy (non-hydrogen) atoms. The number of aryl methyl sites for hydroxylation is 1. The fraction of sp³-hybridized carbons (Fsp3) is 0.160. The van der Waals surface area contributed by atoms with E-state index in [1.165, 1.54) is 29.5 Å². The first-order valence-corrected chi connectivity index (χ1v) is 12.3. The average Bonchev–Trinajstić information content (AvgIpc) is 3.17. The first-order chi connectivity index (χ1) is 16.4. The maximum atomic E-state index is 12.6. The van der Waals surface area contributed by atoms with Gasteiger partial charge in [-0.1, -0.05) is 46.7 Å². The van der Waals surface area contributed by atoms with Crippen LogP contribution in [0.5, 0.6) is 5.75 Å². The average molecular weight is 540 g/mol. The van der Waals surface area contributed by atoms with Gasteiger partial charge in [0, 0.05) is 27.9 Å². The second kappa shape index (κ2) is 10.8. The molecule has 2 N–H and O–H groups in total. The van der Waals surface area contributed by atoms with Crippen molar-refractivity contribution in [2.75, 3.05) is 5.32 Å². The molecule has 7 nitrogen and oxygen atoms in total. The summed E-state index contributed by atoms with van der Waals surface area (Å²) in [6, 6.07) is 19.9. The maximum absolute atomic E-state index is 12.6.